The Kier molecular flexibility index (Phi) is 7.89. The van der Waals surface area contributed by atoms with Crippen LogP contribution < -0.4 is 14.8 Å². The number of carbonyl (C=O) groups excluding carboxylic acids is 2. The Labute approximate surface area is 192 Å². The summed E-state index contributed by atoms with van der Waals surface area (Å²) >= 11 is 1.29. The Hall–Kier alpha value is -3.32. The highest BCUT2D eigenvalue weighted by Gasteiger charge is 2.24. The molecule has 0 bridgehead atoms. The van der Waals surface area contributed by atoms with Gasteiger partial charge in [-0.3, -0.25) is 4.79 Å². The largest absolute Gasteiger partial charge is 0.490 e. The molecule has 1 N–H and O–H groups in total. The third kappa shape index (κ3) is 5.48. The Morgan fingerprint density at radius 3 is 2.31 bits per heavy atom. The maximum Gasteiger partial charge on any atom is 0.341 e. The Morgan fingerprint density at radius 1 is 0.938 bits per heavy atom. The van der Waals surface area contributed by atoms with Crippen LogP contribution in [0.15, 0.2) is 47.8 Å². The van der Waals surface area contributed by atoms with Gasteiger partial charge in [-0.2, -0.15) is 0 Å². The van der Waals surface area contributed by atoms with Crippen molar-refractivity contribution in [2.75, 3.05) is 25.1 Å². The average Bonchev–Trinajstić information content (AvgIpc) is 3.16. The second-order valence-electron chi connectivity index (χ2n) is 7.11. The molecule has 1 amide bonds. The normalized spacial score (nSPS) is 10.5. The molecular weight excluding hydrogens is 426 g/mol. The van der Waals surface area contributed by atoms with E-state index >= 15 is 0 Å². The summed E-state index contributed by atoms with van der Waals surface area (Å²) in [6, 6.07) is 13.2. The second kappa shape index (κ2) is 10.8. The van der Waals surface area contributed by atoms with Crippen LogP contribution in [0, 0.1) is 13.8 Å². The van der Waals surface area contributed by atoms with Gasteiger partial charge < -0.3 is 19.5 Å². The maximum absolute atomic E-state index is 12.8. The molecule has 0 fully saturated rings. The zero-order valence-electron chi connectivity index (χ0n) is 18.7. The highest BCUT2D eigenvalue weighted by molar-refractivity contribution is 7.15. The van der Waals surface area contributed by atoms with Crippen molar-refractivity contribution in [1.29, 1.82) is 0 Å². The van der Waals surface area contributed by atoms with Crippen LogP contribution in [0.25, 0.3) is 11.1 Å². The van der Waals surface area contributed by atoms with Gasteiger partial charge in [-0.05, 0) is 51.0 Å². The molecule has 0 aliphatic rings. The van der Waals surface area contributed by atoms with Crippen molar-refractivity contribution in [3.8, 4) is 22.6 Å². The lowest BCUT2D eigenvalue weighted by molar-refractivity contribution is -0.118. The lowest BCUT2D eigenvalue weighted by Gasteiger charge is -2.12. The minimum absolute atomic E-state index is 0.219. The maximum atomic E-state index is 12.8. The fraction of sp³-hybridized carbons (Fsp3) is 0.280. The molecule has 0 saturated carbocycles. The van der Waals surface area contributed by atoms with E-state index in [0.717, 1.165) is 22.3 Å². The molecule has 6 nitrogen and oxygen atoms in total. The zero-order chi connectivity index (χ0) is 23.1. The molecule has 32 heavy (non-hydrogen) atoms. The molecule has 0 aliphatic carbocycles. The summed E-state index contributed by atoms with van der Waals surface area (Å²) in [5, 5.41) is 5.11. The SMILES string of the molecule is CCOC(=O)c1c(-c2ccc(C)cc2C)csc1NC(=O)COc1ccccc1OCC. The highest BCUT2D eigenvalue weighted by Crippen LogP contribution is 2.38. The van der Waals surface area contributed by atoms with Gasteiger partial charge in [0.25, 0.3) is 5.91 Å². The van der Waals surface area contributed by atoms with Crippen LogP contribution >= 0.6 is 11.3 Å². The zero-order valence-corrected chi connectivity index (χ0v) is 19.5. The number of carbonyl (C=O) groups is 2. The summed E-state index contributed by atoms with van der Waals surface area (Å²) < 4.78 is 16.4. The highest BCUT2D eigenvalue weighted by atomic mass is 32.1. The second-order valence-corrected chi connectivity index (χ2v) is 7.99. The molecule has 1 heterocycles. The lowest BCUT2D eigenvalue weighted by Crippen LogP contribution is -2.21. The number of ether oxygens (including phenoxy) is 3. The smallest absolute Gasteiger partial charge is 0.341 e. The van der Waals surface area contributed by atoms with Crippen molar-refractivity contribution in [3.05, 3.63) is 64.5 Å². The number of amides is 1. The minimum Gasteiger partial charge on any atom is -0.490 e. The number of rotatable bonds is 9. The fourth-order valence-corrected chi connectivity index (χ4v) is 4.28. The molecule has 0 aliphatic heterocycles. The van der Waals surface area contributed by atoms with Crippen LogP contribution in [0.1, 0.15) is 35.3 Å². The molecule has 7 heteroatoms. The molecular formula is C25H27NO5S. The summed E-state index contributed by atoms with van der Waals surface area (Å²) in [5.41, 5.74) is 4.20. The molecule has 1 aromatic heterocycles. The van der Waals surface area contributed by atoms with E-state index < -0.39 is 5.97 Å². The van der Waals surface area contributed by atoms with Crippen molar-refractivity contribution < 1.29 is 23.8 Å². The Bertz CT molecular complexity index is 1110. The predicted octanol–water partition coefficient (Wildman–Crippen LogP) is 5.62. The third-order valence-electron chi connectivity index (χ3n) is 4.70. The predicted molar refractivity (Wildman–Crippen MR) is 127 cm³/mol. The van der Waals surface area contributed by atoms with Gasteiger partial charge in [0.2, 0.25) is 0 Å². The van der Waals surface area contributed by atoms with Crippen LogP contribution in [0.3, 0.4) is 0 Å². The number of hydrogen-bond donors (Lipinski definition) is 1. The van der Waals surface area contributed by atoms with Crippen molar-refractivity contribution in [1.82, 2.24) is 0 Å². The van der Waals surface area contributed by atoms with E-state index in [9.17, 15) is 9.59 Å². The summed E-state index contributed by atoms with van der Waals surface area (Å²) in [6.07, 6.45) is 0. The van der Waals surface area contributed by atoms with Crippen LogP contribution in [-0.4, -0.2) is 31.7 Å². The van der Waals surface area contributed by atoms with Crippen molar-refractivity contribution in [2.45, 2.75) is 27.7 Å². The van der Waals surface area contributed by atoms with Gasteiger partial charge >= 0.3 is 5.97 Å². The number of aryl methyl sites for hydroxylation is 2. The number of hydrogen-bond acceptors (Lipinski definition) is 6. The first-order valence-electron chi connectivity index (χ1n) is 10.4. The fourth-order valence-electron chi connectivity index (χ4n) is 3.32. The van der Waals surface area contributed by atoms with Crippen LogP contribution in [0.5, 0.6) is 11.5 Å². The summed E-state index contributed by atoms with van der Waals surface area (Å²) in [5.74, 6) is 0.207. The molecule has 0 saturated heterocycles. The number of nitrogens with one attached hydrogen (secondary N) is 1. The van der Waals surface area contributed by atoms with E-state index in [1.54, 1.807) is 19.1 Å². The first-order valence-corrected chi connectivity index (χ1v) is 11.3. The number of thiophene rings is 1. The van der Waals surface area contributed by atoms with E-state index in [-0.39, 0.29) is 19.1 Å². The van der Waals surface area contributed by atoms with Crippen molar-refractivity contribution >= 4 is 28.2 Å². The van der Waals surface area contributed by atoms with Gasteiger partial charge in [-0.15, -0.1) is 11.3 Å². The topological polar surface area (TPSA) is 73.9 Å². The molecule has 2 aromatic carbocycles. The van der Waals surface area contributed by atoms with Crippen LogP contribution in [0.4, 0.5) is 5.00 Å². The van der Waals surface area contributed by atoms with E-state index in [2.05, 4.69) is 11.4 Å². The average molecular weight is 454 g/mol. The van der Waals surface area contributed by atoms with Crippen LogP contribution in [-0.2, 0) is 9.53 Å². The van der Waals surface area contributed by atoms with Gasteiger partial charge in [0.05, 0.1) is 13.2 Å². The first kappa shape index (κ1) is 23.3. The number of para-hydroxylation sites is 2. The van der Waals surface area contributed by atoms with E-state index in [0.29, 0.717) is 28.7 Å². The molecule has 0 radical (unpaired) electrons. The van der Waals surface area contributed by atoms with Gasteiger partial charge in [0.15, 0.2) is 18.1 Å². The summed E-state index contributed by atoms with van der Waals surface area (Å²) in [7, 11) is 0. The number of benzene rings is 2. The summed E-state index contributed by atoms with van der Waals surface area (Å²) in [4.78, 5) is 25.4. The van der Waals surface area contributed by atoms with E-state index in [1.165, 1.54) is 11.3 Å². The molecule has 3 aromatic rings. The van der Waals surface area contributed by atoms with Gasteiger partial charge in [0, 0.05) is 10.9 Å². The summed E-state index contributed by atoms with van der Waals surface area (Å²) in [6.45, 7) is 8.16. The lowest BCUT2D eigenvalue weighted by atomic mass is 9.97. The van der Waals surface area contributed by atoms with Crippen molar-refractivity contribution in [3.63, 3.8) is 0 Å². The van der Waals surface area contributed by atoms with Gasteiger partial charge in [-0.25, -0.2) is 4.79 Å². The van der Waals surface area contributed by atoms with Gasteiger partial charge in [-0.1, -0.05) is 35.9 Å². The monoisotopic (exact) mass is 453 g/mol. The van der Waals surface area contributed by atoms with Crippen LogP contribution in [0.2, 0.25) is 0 Å². The van der Waals surface area contributed by atoms with Gasteiger partial charge in [0.1, 0.15) is 10.6 Å². The molecule has 168 valence electrons. The third-order valence-corrected chi connectivity index (χ3v) is 5.60. The van der Waals surface area contributed by atoms with Crippen molar-refractivity contribution in [2.24, 2.45) is 0 Å². The standard InChI is InChI=1S/C25H27NO5S/c1-5-29-20-9-7-8-10-21(20)31-14-22(27)26-24-23(25(28)30-6-2)19(15-32-24)18-12-11-16(3)13-17(18)4/h7-13,15H,5-6,14H2,1-4H3,(H,26,27). The Balaban J connectivity index is 1.82. The van der Waals surface area contributed by atoms with E-state index in [4.69, 9.17) is 14.2 Å². The molecule has 0 atom stereocenters. The Morgan fingerprint density at radius 2 is 1.66 bits per heavy atom. The molecule has 0 spiro atoms. The first-order chi connectivity index (χ1) is 15.4. The minimum atomic E-state index is -0.471. The quantitative estimate of drug-likeness (QED) is 0.425. The molecule has 3 rings (SSSR count). The number of esters is 1. The number of anilines is 1. The molecule has 0 unspecified atom stereocenters. The van der Waals surface area contributed by atoms with E-state index in [1.807, 2.05) is 50.4 Å².